The minimum absolute atomic E-state index is 0.0242. The summed E-state index contributed by atoms with van der Waals surface area (Å²) in [6.45, 7) is 0.0873. The van der Waals surface area contributed by atoms with Gasteiger partial charge in [-0.15, -0.1) is 13.2 Å². The molecule has 0 bridgehead atoms. The molecule has 1 amide bonds. The predicted octanol–water partition coefficient (Wildman–Crippen LogP) is 1.60. The van der Waals surface area contributed by atoms with Crippen molar-refractivity contribution >= 4 is 11.9 Å². The summed E-state index contributed by atoms with van der Waals surface area (Å²) in [6.07, 6.45) is -4.86. The first-order chi connectivity index (χ1) is 10.6. The number of hydrogen-bond acceptors (Lipinski definition) is 4. The van der Waals surface area contributed by atoms with Gasteiger partial charge in [-0.05, 0) is 25.0 Å². The van der Waals surface area contributed by atoms with Crippen LogP contribution in [0.15, 0.2) is 24.3 Å². The molecule has 1 saturated heterocycles. The summed E-state index contributed by atoms with van der Waals surface area (Å²) in [7, 11) is 0. The third-order valence-corrected chi connectivity index (χ3v) is 3.71. The summed E-state index contributed by atoms with van der Waals surface area (Å²) in [5.41, 5.74) is 4.06. The lowest BCUT2D eigenvalue weighted by Crippen LogP contribution is -2.56. The van der Waals surface area contributed by atoms with Gasteiger partial charge in [0.25, 0.3) is 5.91 Å². The fourth-order valence-corrected chi connectivity index (χ4v) is 2.35. The van der Waals surface area contributed by atoms with Gasteiger partial charge in [-0.1, -0.05) is 12.1 Å². The summed E-state index contributed by atoms with van der Waals surface area (Å²) >= 11 is 0. The van der Waals surface area contributed by atoms with E-state index in [9.17, 15) is 22.8 Å². The van der Waals surface area contributed by atoms with E-state index < -0.39 is 29.5 Å². The molecule has 0 spiro atoms. The van der Waals surface area contributed by atoms with Crippen molar-refractivity contribution in [3.8, 4) is 5.75 Å². The van der Waals surface area contributed by atoms with Gasteiger partial charge in [-0.3, -0.25) is 9.59 Å². The molecule has 0 aliphatic carbocycles. The molecular weight excluding hydrogens is 317 g/mol. The Hall–Kier alpha value is -2.29. The zero-order valence-corrected chi connectivity index (χ0v) is 12.0. The Morgan fingerprint density at radius 3 is 2.30 bits per heavy atom. The lowest BCUT2D eigenvalue weighted by Gasteiger charge is -2.36. The maximum absolute atomic E-state index is 12.4. The van der Waals surface area contributed by atoms with Gasteiger partial charge in [0.05, 0.1) is 5.56 Å². The van der Waals surface area contributed by atoms with E-state index in [4.69, 9.17) is 10.8 Å². The number of carbonyl (C=O) groups excluding carboxylic acids is 1. The van der Waals surface area contributed by atoms with E-state index in [1.165, 1.54) is 23.1 Å². The second-order valence-corrected chi connectivity index (χ2v) is 5.30. The van der Waals surface area contributed by atoms with E-state index in [0.29, 0.717) is 0 Å². The van der Waals surface area contributed by atoms with Crippen LogP contribution in [0.4, 0.5) is 13.2 Å². The first kappa shape index (κ1) is 17.1. The highest BCUT2D eigenvalue weighted by Crippen LogP contribution is 2.28. The zero-order chi connectivity index (χ0) is 17.3. The molecule has 0 unspecified atom stereocenters. The average molecular weight is 332 g/mol. The molecule has 0 atom stereocenters. The molecule has 1 aromatic carbocycles. The number of hydrogen-bond donors (Lipinski definition) is 2. The molecule has 9 heteroatoms. The van der Waals surface area contributed by atoms with Crippen LogP contribution in [0.3, 0.4) is 0 Å². The van der Waals surface area contributed by atoms with Crippen molar-refractivity contribution in [3.05, 3.63) is 29.8 Å². The van der Waals surface area contributed by atoms with Crippen LogP contribution in [-0.2, 0) is 4.79 Å². The molecule has 1 aliphatic heterocycles. The molecule has 126 valence electrons. The molecule has 6 nitrogen and oxygen atoms in total. The average Bonchev–Trinajstić information content (AvgIpc) is 2.46. The Morgan fingerprint density at radius 2 is 1.78 bits per heavy atom. The van der Waals surface area contributed by atoms with Crippen LogP contribution in [0.2, 0.25) is 0 Å². The van der Waals surface area contributed by atoms with Crippen molar-refractivity contribution in [2.45, 2.75) is 24.7 Å². The monoisotopic (exact) mass is 332 g/mol. The molecule has 1 aliphatic rings. The van der Waals surface area contributed by atoms with Crippen LogP contribution in [0.25, 0.3) is 0 Å². The summed E-state index contributed by atoms with van der Waals surface area (Å²) in [5, 5.41) is 9.04. The number of alkyl halides is 3. The lowest BCUT2D eigenvalue weighted by molar-refractivity contribution is -0.274. The van der Waals surface area contributed by atoms with E-state index in [2.05, 4.69) is 4.74 Å². The number of carbonyl (C=O) groups is 2. The van der Waals surface area contributed by atoms with Crippen molar-refractivity contribution in [3.63, 3.8) is 0 Å². The fraction of sp³-hybridized carbons (Fsp3) is 0.429. The summed E-state index contributed by atoms with van der Waals surface area (Å²) in [6, 6.07) is 5.02. The van der Waals surface area contributed by atoms with Gasteiger partial charge in [-0.25, -0.2) is 0 Å². The maximum atomic E-state index is 12.4. The number of nitrogens with zero attached hydrogens (tertiary/aromatic N) is 1. The fourth-order valence-electron chi connectivity index (χ4n) is 2.35. The highest BCUT2D eigenvalue weighted by Gasteiger charge is 2.40. The van der Waals surface area contributed by atoms with Crippen LogP contribution in [0.1, 0.15) is 23.2 Å². The Kier molecular flexibility index (Phi) is 4.51. The van der Waals surface area contributed by atoms with Crippen LogP contribution < -0.4 is 10.5 Å². The largest absolute Gasteiger partial charge is 0.573 e. The Labute approximate surface area is 129 Å². The summed E-state index contributed by atoms with van der Waals surface area (Å²) in [4.78, 5) is 24.7. The number of piperidine rings is 1. The second kappa shape index (κ2) is 6.07. The van der Waals surface area contributed by atoms with Crippen molar-refractivity contribution in [1.82, 2.24) is 4.90 Å². The normalized spacial score (nSPS) is 17.7. The van der Waals surface area contributed by atoms with Gasteiger partial charge in [-0.2, -0.15) is 0 Å². The topological polar surface area (TPSA) is 92.9 Å². The highest BCUT2D eigenvalue weighted by molar-refractivity contribution is 5.97. The van der Waals surface area contributed by atoms with Crippen LogP contribution in [-0.4, -0.2) is 46.9 Å². The first-order valence-electron chi connectivity index (χ1n) is 6.79. The van der Waals surface area contributed by atoms with Crippen molar-refractivity contribution < 1.29 is 32.6 Å². The molecule has 1 fully saturated rings. The minimum Gasteiger partial charge on any atom is -0.480 e. The lowest BCUT2D eigenvalue weighted by atomic mass is 9.88. The number of carboxylic acid groups (broad SMARTS) is 1. The number of ether oxygens (including phenoxy) is 1. The molecule has 0 radical (unpaired) electrons. The van der Waals surface area contributed by atoms with Gasteiger partial charge in [0.15, 0.2) is 0 Å². The highest BCUT2D eigenvalue weighted by atomic mass is 19.4. The van der Waals surface area contributed by atoms with E-state index in [0.717, 1.165) is 6.07 Å². The number of nitrogens with two attached hydrogens (primary N) is 1. The number of carboxylic acids is 1. The molecule has 2 rings (SSSR count). The smallest absolute Gasteiger partial charge is 0.480 e. The third kappa shape index (κ3) is 3.92. The van der Waals surface area contributed by atoms with Gasteiger partial charge in [0, 0.05) is 13.1 Å². The number of aliphatic carboxylic acids is 1. The molecular formula is C14H15F3N2O4. The Bertz CT molecular complexity index is 610. The van der Waals surface area contributed by atoms with Gasteiger partial charge in [0.2, 0.25) is 0 Å². The number of likely N-dealkylation sites (tertiary alicyclic amines) is 1. The Morgan fingerprint density at radius 1 is 1.22 bits per heavy atom. The number of para-hydroxylation sites is 1. The third-order valence-electron chi connectivity index (χ3n) is 3.71. The van der Waals surface area contributed by atoms with Crippen molar-refractivity contribution in [1.29, 1.82) is 0 Å². The standard InChI is InChI=1S/C14H15F3N2O4/c15-14(16,17)23-10-4-2-1-3-9(10)11(20)19-7-5-13(18,6-8-19)12(21)22/h1-4H,5-8,18H2,(H,21,22). The second-order valence-electron chi connectivity index (χ2n) is 5.30. The van der Waals surface area contributed by atoms with Gasteiger partial charge >= 0.3 is 12.3 Å². The molecule has 0 aromatic heterocycles. The number of rotatable bonds is 3. The number of halogens is 3. The van der Waals surface area contributed by atoms with E-state index >= 15 is 0 Å². The van der Waals surface area contributed by atoms with Gasteiger partial charge < -0.3 is 20.5 Å². The van der Waals surface area contributed by atoms with Crippen molar-refractivity contribution in [2.75, 3.05) is 13.1 Å². The van der Waals surface area contributed by atoms with Crippen LogP contribution >= 0.6 is 0 Å². The van der Waals surface area contributed by atoms with E-state index in [-0.39, 0.29) is 31.5 Å². The summed E-state index contributed by atoms with van der Waals surface area (Å²) < 4.78 is 41.0. The predicted molar refractivity (Wildman–Crippen MR) is 72.8 cm³/mol. The van der Waals surface area contributed by atoms with E-state index in [1.54, 1.807) is 0 Å². The first-order valence-corrected chi connectivity index (χ1v) is 6.79. The molecule has 1 heterocycles. The summed E-state index contributed by atoms with van der Waals surface area (Å²) in [5.74, 6) is -2.41. The quantitative estimate of drug-likeness (QED) is 0.877. The van der Waals surface area contributed by atoms with Gasteiger partial charge in [0.1, 0.15) is 11.3 Å². The molecule has 3 N–H and O–H groups in total. The molecule has 0 saturated carbocycles. The number of benzene rings is 1. The van der Waals surface area contributed by atoms with Crippen molar-refractivity contribution in [2.24, 2.45) is 5.73 Å². The maximum Gasteiger partial charge on any atom is 0.573 e. The molecule has 23 heavy (non-hydrogen) atoms. The van der Waals surface area contributed by atoms with Crippen LogP contribution in [0.5, 0.6) is 5.75 Å². The minimum atomic E-state index is -4.91. The van der Waals surface area contributed by atoms with Crippen LogP contribution in [0, 0.1) is 0 Å². The zero-order valence-electron chi connectivity index (χ0n) is 12.0. The SMILES string of the molecule is NC1(C(=O)O)CCN(C(=O)c2ccccc2OC(F)(F)F)CC1. The Balaban J connectivity index is 2.15. The number of amides is 1. The van der Waals surface area contributed by atoms with E-state index in [1.807, 2.05) is 0 Å². The molecule has 1 aromatic rings.